The molecule has 0 radical (unpaired) electrons. The van der Waals surface area contributed by atoms with Crippen LogP contribution in [0.3, 0.4) is 0 Å². The number of hydrogen-bond acceptors (Lipinski definition) is 6. The summed E-state index contributed by atoms with van der Waals surface area (Å²) in [5.74, 6) is 2.38. The molecule has 0 fully saturated rings. The fourth-order valence-corrected chi connectivity index (χ4v) is 1.69. The van der Waals surface area contributed by atoms with Gasteiger partial charge in [-0.2, -0.15) is 4.98 Å². The fraction of sp³-hybridized carbons (Fsp3) is 0.385. The Labute approximate surface area is 111 Å². The van der Waals surface area contributed by atoms with Crippen molar-refractivity contribution in [3.63, 3.8) is 0 Å². The molecule has 0 spiro atoms. The molecule has 0 bridgehead atoms. The highest BCUT2D eigenvalue weighted by molar-refractivity contribution is 5.42. The van der Waals surface area contributed by atoms with Gasteiger partial charge in [0.2, 0.25) is 11.7 Å². The molecule has 0 amide bonds. The van der Waals surface area contributed by atoms with Crippen LogP contribution in [0.5, 0.6) is 11.5 Å². The first kappa shape index (κ1) is 13.4. The van der Waals surface area contributed by atoms with Crippen LogP contribution in [-0.4, -0.2) is 17.3 Å². The zero-order valence-electron chi connectivity index (χ0n) is 11.2. The van der Waals surface area contributed by atoms with Crippen LogP contribution in [0.4, 0.5) is 0 Å². The number of nitrogens with two attached hydrogens (primary N) is 1. The summed E-state index contributed by atoms with van der Waals surface area (Å²) in [6, 6.07) is 5.41. The predicted molar refractivity (Wildman–Crippen MR) is 69.0 cm³/mol. The van der Waals surface area contributed by atoms with Gasteiger partial charge in [-0.1, -0.05) is 11.2 Å². The van der Waals surface area contributed by atoms with Gasteiger partial charge in [0.05, 0.1) is 7.11 Å². The fourth-order valence-electron chi connectivity index (χ4n) is 1.69. The number of aryl methyl sites for hydroxylation is 1. The highest BCUT2D eigenvalue weighted by atomic mass is 16.5. The SMILES string of the molecule is COc1ccc([C@@H](C)N)c(OCc2noc(C)n2)c1. The van der Waals surface area contributed by atoms with Crippen molar-refractivity contribution in [1.82, 2.24) is 10.1 Å². The molecule has 0 aliphatic heterocycles. The Morgan fingerprint density at radius 2 is 2.21 bits per heavy atom. The minimum atomic E-state index is -0.132. The van der Waals surface area contributed by atoms with Crippen LogP contribution in [0.1, 0.15) is 30.2 Å². The molecule has 2 rings (SSSR count). The topological polar surface area (TPSA) is 83.4 Å². The first-order chi connectivity index (χ1) is 9.10. The van der Waals surface area contributed by atoms with E-state index in [2.05, 4.69) is 10.1 Å². The van der Waals surface area contributed by atoms with E-state index in [0.29, 0.717) is 23.2 Å². The Morgan fingerprint density at radius 1 is 1.42 bits per heavy atom. The van der Waals surface area contributed by atoms with Crippen LogP contribution in [0.15, 0.2) is 22.7 Å². The van der Waals surface area contributed by atoms with Crippen LogP contribution < -0.4 is 15.2 Å². The maximum absolute atomic E-state index is 5.91. The lowest BCUT2D eigenvalue weighted by Crippen LogP contribution is -2.08. The first-order valence-corrected chi connectivity index (χ1v) is 5.95. The van der Waals surface area contributed by atoms with E-state index >= 15 is 0 Å². The lowest BCUT2D eigenvalue weighted by atomic mass is 10.1. The standard InChI is InChI=1S/C13H17N3O3/c1-8(14)11-5-4-10(17-3)6-12(11)18-7-13-15-9(2)19-16-13/h4-6,8H,7,14H2,1-3H3/t8-/m1/s1. The van der Waals surface area contributed by atoms with Crippen LogP contribution in [0, 0.1) is 6.92 Å². The summed E-state index contributed by atoms with van der Waals surface area (Å²) in [6.45, 7) is 3.85. The Bertz CT molecular complexity index is 552. The second kappa shape index (κ2) is 5.71. The summed E-state index contributed by atoms with van der Waals surface area (Å²) >= 11 is 0. The van der Waals surface area contributed by atoms with Crippen LogP contribution in [0.2, 0.25) is 0 Å². The van der Waals surface area contributed by atoms with E-state index in [4.69, 9.17) is 19.7 Å². The molecule has 1 aromatic heterocycles. The third-order valence-corrected chi connectivity index (χ3v) is 2.64. The van der Waals surface area contributed by atoms with Gasteiger partial charge in [-0.3, -0.25) is 0 Å². The number of benzene rings is 1. The summed E-state index contributed by atoms with van der Waals surface area (Å²) in [4.78, 5) is 4.08. The van der Waals surface area contributed by atoms with Crippen molar-refractivity contribution >= 4 is 0 Å². The predicted octanol–water partition coefficient (Wildman–Crippen LogP) is 1.99. The second-order valence-electron chi connectivity index (χ2n) is 4.21. The van der Waals surface area contributed by atoms with E-state index in [0.717, 1.165) is 5.56 Å². The van der Waals surface area contributed by atoms with Crippen molar-refractivity contribution < 1.29 is 14.0 Å². The third kappa shape index (κ3) is 3.23. The second-order valence-corrected chi connectivity index (χ2v) is 4.21. The number of ether oxygens (including phenoxy) is 2. The van der Waals surface area contributed by atoms with Crippen molar-refractivity contribution in [2.45, 2.75) is 26.5 Å². The van der Waals surface area contributed by atoms with E-state index in [1.54, 1.807) is 20.1 Å². The summed E-state index contributed by atoms with van der Waals surface area (Å²) in [6.07, 6.45) is 0. The zero-order chi connectivity index (χ0) is 13.8. The monoisotopic (exact) mass is 263 g/mol. The number of rotatable bonds is 5. The van der Waals surface area contributed by atoms with Crippen molar-refractivity contribution in [3.8, 4) is 11.5 Å². The molecule has 0 aliphatic rings. The molecule has 2 aromatic rings. The molecule has 1 aromatic carbocycles. The van der Waals surface area contributed by atoms with Gasteiger partial charge in [-0.05, 0) is 13.0 Å². The molecule has 0 saturated heterocycles. The molecule has 6 nitrogen and oxygen atoms in total. The average molecular weight is 263 g/mol. The van der Waals surface area contributed by atoms with Crippen LogP contribution in [-0.2, 0) is 6.61 Å². The maximum atomic E-state index is 5.91. The Morgan fingerprint density at radius 3 is 2.79 bits per heavy atom. The van der Waals surface area contributed by atoms with E-state index < -0.39 is 0 Å². The molecular weight excluding hydrogens is 246 g/mol. The molecule has 0 saturated carbocycles. The van der Waals surface area contributed by atoms with E-state index in [1.165, 1.54) is 0 Å². The molecule has 19 heavy (non-hydrogen) atoms. The number of nitrogens with zero attached hydrogens (tertiary/aromatic N) is 2. The Hall–Kier alpha value is -2.08. The van der Waals surface area contributed by atoms with E-state index in [1.807, 2.05) is 19.1 Å². The van der Waals surface area contributed by atoms with Gasteiger partial charge in [0.25, 0.3) is 0 Å². The van der Waals surface area contributed by atoms with Crippen LogP contribution >= 0.6 is 0 Å². The lowest BCUT2D eigenvalue weighted by Gasteiger charge is -2.14. The van der Waals surface area contributed by atoms with Gasteiger partial charge in [-0.15, -0.1) is 0 Å². The number of methoxy groups -OCH3 is 1. The highest BCUT2D eigenvalue weighted by Crippen LogP contribution is 2.29. The van der Waals surface area contributed by atoms with Gasteiger partial charge in [0, 0.05) is 24.6 Å². The van der Waals surface area contributed by atoms with Crippen molar-refractivity contribution in [3.05, 3.63) is 35.5 Å². The molecule has 0 aliphatic carbocycles. The zero-order valence-corrected chi connectivity index (χ0v) is 11.2. The van der Waals surface area contributed by atoms with Crippen molar-refractivity contribution in [2.24, 2.45) is 5.73 Å². The van der Waals surface area contributed by atoms with Gasteiger partial charge >= 0.3 is 0 Å². The van der Waals surface area contributed by atoms with Gasteiger partial charge in [0.15, 0.2) is 6.61 Å². The van der Waals surface area contributed by atoms with Gasteiger partial charge in [0.1, 0.15) is 11.5 Å². The summed E-state index contributed by atoms with van der Waals surface area (Å²) in [5, 5.41) is 3.77. The molecule has 0 unspecified atom stereocenters. The molecule has 1 atom stereocenters. The smallest absolute Gasteiger partial charge is 0.223 e. The molecule has 6 heteroatoms. The minimum Gasteiger partial charge on any atom is -0.497 e. The number of aromatic nitrogens is 2. The van der Waals surface area contributed by atoms with Crippen molar-refractivity contribution in [2.75, 3.05) is 7.11 Å². The molecular formula is C13H17N3O3. The molecule has 1 heterocycles. The van der Waals surface area contributed by atoms with E-state index in [-0.39, 0.29) is 12.6 Å². The molecule has 2 N–H and O–H groups in total. The Kier molecular flexibility index (Phi) is 4.01. The normalized spacial score (nSPS) is 12.2. The van der Waals surface area contributed by atoms with Crippen molar-refractivity contribution in [1.29, 1.82) is 0 Å². The van der Waals surface area contributed by atoms with Gasteiger partial charge in [-0.25, -0.2) is 0 Å². The summed E-state index contributed by atoms with van der Waals surface area (Å²) < 4.78 is 15.8. The minimum absolute atomic E-state index is 0.132. The van der Waals surface area contributed by atoms with E-state index in [9.17, 15) is 0 Å². The summed E-state index contributed by atoms with van der Waals surface area (Å²) in [7, 11) is 1.60. The lowest BCUT2D eigenvalue weighted by molar-refractivity contribution is 0.280. The van der Waals surface area contributed by atoms with Gasteiger partial charge < -0.3 is 19.7 Å². The maximum Gasteiger partial charge on any atom is 0.223 e. The quantitative estimate of drug-likeness (QED) is 0.888. The van der Waals surface area contributed by atoms with Crippen LogP contribution in [0.25, 0.3) is 0 Å². The summed E-state index contributed by atoms with van der Waals surface area (Å²) in [5.41, 5.74) is 6.81. The first-order valence-electron chi connectivity index (χ1n) is 5.95. The Balaban J connectivity index is 2.17. The third-order valence-electron chi connectivity index (χ3n) is 2.64. The number of hydrogen-bond donors (Lipinski definition) is 1. The average Bonchev–Trinajstić information content (AvgIpc) is 2.81. The highest BCUT2D eigenvalue weighted by Gasteiger charge is 2.11. The largest absolute Gasteiger partial charge is 0.497 e. The molecule has 102 valence electrons.